The number of rotatable bonds is 8. The van der Waals surface area contributed by atoms with Gasteiger partial charge in [0.05, 0.1) is 12.2 Å². The normalized spacial score (nSPS) is 17.2. The van der Waals surface area contributed by atoms with Crippen molar-refractivity contribution in [2.45, 2.75) is 45.3 Å². The zero-order chi connectivity index (χ0) is 20.2. The first-order valence-electron chi connectivity index (χ1n) is 10.6. The fourth-order valence-corrected chi connectivity index (χ4v) is 4.10. The van der Waals surface area contributed by atoms with E-state index < -0.39 is 0 Å². The maximum absolute atomic E-state index is 13.5. The lowest BCUT2D eigenvalue weighted by atomic mass is 10.1. The van der Waals surface area contributed by atoms with E-state index in [0.717, 1.165) is 55.5 Å². The van der Waals surface area contributed by atoms with E-state index in [2.05, 4.69) is 47.2 Å². The van der Waals surface area contributed by atoms with Gasteiger partial charge in [-0.15, -0.1) is 0 Å². The molecule has 1 aliphatic rings. The monoisotopic (exact) mass is 395 g/mol. The summed E-state index contributed by atoms with van der Waals surface area (Å²) in [4.78, 5) is 5.69. The lowest BCUT2D eigenvalue weighted by Gasteiger charge is -2.39. The molecule has 2 N–H and O–H groups in total. The number of halogens is 1. The minimum Gasteiger partial charge on any atom is -0.485 e. The van der Waals surface area contributed by atoms with Crippen LogP contribution in [0.25, 0.3) is 10.9 Å². The Hall–Kier alpha value is -2.53. The van der Waals surface area contributed by atoms with Crippen molar-refractivity contribution in [3.05, 3.63) is 60.0 Å². The molecular weight excluding hydrogens is 365 g/mol. The Morgan fingerprint density at radius 2 is 2.14 bits per heavy atom. The number of aryl methyl sites for hydroxylation is 1. The topological polar surface area (TPSA) is 40.3 Å². The molecule has 2 aromatic carbocycles. The number of aromatic amines is 1. The van der Waals surface area contributed by atoms with Gasteiger partial charge in [0.25, 0.3) is 0 Å². The van der Waals surface area contributed by atoms with Crippen molar-refractivity contribution in [1.29, 1.82) is 0 Å². The lowest BCUT2D eigenvalue weighted by molar-refractivity contribution is 0.186. The molecule has 1 aromatic heterocycles. The summed E-state index contributed by atoms with van der Waals surface area (Å²) in [6, 6.07) is 13.7. The van der Waals surface area contributed by atoms with E-state index in [0.29, 0.717) is 6.04 Å². The molecule has 0 aliphatic carbocycles. The molecule has 5 heteroatoms. The molecule has 4 rings (SSSR count). The van der Waals surface area contributed by atoms with Crippen LogP contribution in [0.4, 0.5) is 10.1 Å². The van der Waals surface area contributed by atoms with E-state index in [4.69, 9.17) is 4.74 Å². The second-order valence-corrected chi connectivity index (χ2v) is 7.93. The Morgan fingerprint density at radius 1 is 1.28 bits per heavy atom. The molecule has 0 fully saturated rings. The standard InChI is InChI=1S/C24H30FN3O/c1-3-17(2)28-16-20(29-24-9-5-4-8-23(24)28)15-26-12-6-7-18-14-27-22-11-10-19(25)13-21(18)22/h4-5,8-11,13-14,17,20,26-27H,3,6-7,12,15-16H2,1-2H3. The second kappa shape index (κ2) is 8.87. The molecule has 1 aliphatic heterocycles. The van der Waals surface area contributed by atoms with Crippen LogP contribution in [0.3, 0.4) is 0 Å². The fourth-order valence-electron chi connectivity index (χ4n) is 4.10. The van der Waals surface area contributed by atoms with E-state index in [1.165, 1.54) is 17.3 Å². The average Bonchev–Trinajstić information content (AvgIpc) is 3.14. The number of hydrogen-bond donors (Lipinski definition) is 2. The molecule has 154 valence electrons. The molecule has 2 heterocycles. The van der Waals surface area contributed by atoms with Crippen LogP contribution in [0, 0.1) is 5.82 Å². The Kier molecular flexibility index (Phi) is 6.05. The van der Waals surface area contributed by atoms with Crippen LogP contribution in [0.15, 0.2) is 48.7 Å². The summed E-state index contributed by atoms with van der Waals surface area (Å²) >= 11 is 0. The average molecular weight is 396 g/mol. The van der Waals surface area contributed by atoms with Gasteiger partial charge in [0.15, 0.2) is 0 Å². The lowest BCUT2D eigenvalue weighted by Crippen LogP contribution is -2.48. The highest BCUT2D eigenvalue weighted by atomic mass is 19.1. The van der Waals surface area contributed by atoms with E-state index in [-0.39, 0.29) is 11.9 Å². The molecule has 0 saturated heterocycles. The summed E-state index contributed by atoms with van der Waals surface area (Å²) in [5, 5.41) is 4.54. The van der Waals surface area contributed by atoms with Gasteiger partial charge in [0, 0.05) is 29.7 Å². The quantitative estimate of drug-likeness (QED) is 0.533. The largest absolute Gasteiger partial charge is 0.485 e. The van der Waals surface area contributed by atoms with Crippen molar-refractivity contribution in [3.63, 3.8) is 0 Å². The predicted molar refractivity (Wildman–Crippen MR) is 117 cm³/mol. The van der Waals surface area contributed by atoms with Gasteiger partial charge in [-0.05, 0) is 68.6 Å². The zero-order valence-corrected chi connectivity index (χ0v) is 17.2. The molecule has 0 spiro atoms. The third kappa shape index (κ3) is 4.40. The number of H-pyrrole nitrogens is 1. The van der Waals surface area contributed by atoms with Gasteiger partial charge in [-0.1, -0.05) is 19.1 Å². The summed E-state index contributed by atoms with van der Waals surface area (Å²) < 4.78 is 19.7. The number of hydrogen-bond acceptors (Lipinski definition) is 3. The van der Waals surface area contributed by atoms with E-state index in [9.17, 15) is 4.39 Å². The maximum atomic E-state index is 13.5. The maximum Gasteiger partial charge on any atom is 0.143 e. The van der Waals surface area contributed by atoms with Gasteiger partial charge in [-0.25, -0.2) is 4.39 Å². The number of nitrogens with zero attached hydrogens (tertiary/aromatic N) is 1. The number of ether oxygens (including phenoxy) is 1. The van der Waals surface area contributed by atoms with Gasteiger partial charge in [0.1, 0.15) is 17.7 Å². The van der Waals surface area contributed by atoms with Gasteiger partial charge in [-0.2, -0.15) is 0 Å². The molecule has 4 nitrogen and oxygen atoms in total. The molecule has 2 atom stereocenters. The third-order valence-electron chi connectivity index (χ3n) is 5.89. The number of aromatic nitrogens is 1. The summed E-state index contributed by atoms with van der Waals surface area (Å²) in [5.74, 6) is 0.795. The van der Waals surface area contributed by atoms with Crippen molar-refractivity contribution < 1.29 is 9.13 Å². The molecule has 3 aromatic rings. The summed E-state index contributed by atoms with van der Waals surface area (Å²) in [6.07, 6.45) is 5.17. The van der Waals surface area contributed by atoms with Crippen LogP contribution < -0.4 is 15.0 Å². The minimum atomic E-state index is -0.183. The highest BCUT2D eigenvalue weighted by Gasteiger charge is 2.27. The van der Waals surface area contributed by atoms with Gasteiger partial charge in [-0.3, -0.25) is 0 Å². The van der Waals surface area contributed by atoms with E-state index >= 15 is 0 Å². The van der Waals surface area contributed by atoms with Crippen LogP contribution >= 0.6 is 0 Å². The Labute approximate surface area is 172 Å². The van der Waals surface area contributed by atoms with Crippen molar-refractivity contribution >= 4 is 16.6 Å². The smallest absolute Gasteiger partial charge is 0.143 e. The Bertz CT molecular complexity index is 954. The first-order chi connectivity index (χ1) is 14.2. The van der Waals surface area contributed by atoms with Crippen LogP contribution in [0.5, 0.6) is 5.75 Å². The number of benzene rings is 2. The Balaban J connectivity index is 1.29. The Morgan fingerprint density at radius 3 is 3.00 bits per heavy atom. The van der Waals surface area contributed by atoms with Gasteiger partial charge >= 0.3 is 0 Å². The highest BCUT2D eigenvalue weighted by Crippen LogP contribution is 2.34. The molecule has 0 saturated carbocycles. The zero-order valence-electron chi connectivity index (χ0n) is 17.2. The van der Waals surface area contributed by atoms with Crippen LogP contribution in [-0.4, -0.2) is 36.8 Å². The van der Waals surface area contributed by atoms with Crippen molar-refractivity contribution in [3.8, 4) is 5.75 Å². The van der Waals surface area contributed by atoms with E-state index in [1.54, 1.807) is 12.1 Å². The minimum absolute atomic E-state index is 0.140. The number of fused-ring (bicyclic) bond motifs is 2. The van der Waals surface area contributed by atoms with Gasteiger partial charge < -0.3 is 19.9 Å². The first-order valence-corrected chi connectivity index (χ1v) is 10.6. The molecule has 0 radical (unpaired) electrons. The van der Waals surface area contributed by atoms with Crippen LogP contribution in [0.1, 0.15) is 32.3 Å². The SMILES string of the molecule is CCC(C)N1CC(CNCCCc2c[nH]c3ccc(F)cc23)Oc2ccccc21. The first kappa shape index (κ1) is 19.8. The van der Waals surface area contributed by atoms with Crippen LogP contribution in [0.2, 0.25) is 0 Å². The molecular formula is C24H30FN3O. The molecule has 0 bridgehead atoms. The fraction of sp³-hybridized carbons (Fsp3) is 0.417. The molecule has 0 amide bonds. The molecule has 29 heavy (non-hydrogen) atoms. The van der Waals surface area contributed by atoms with Gasteiger partial charge in [0.2, 0.25) is 0 Å². The van der Waals surface area contributed by atoms with E-state index in [1.807, 2.05) is 12.3 Å². The van der Waals surface area contributed by atoms with Crippen molar-refractivity contribution in [2.24, 2.45) is 0 Å². The number of nitrogens with one attached hydrogen (secondary N) is 2. The van der Waals surface area contributed by atoms with Crippen molar-refractivity contribution in [1.82, 2.24) is 10.3 Å². The van der Waals surface area contributed by atoms with Crippen LogP contribution in [-0.2, 0) is 6.42 Å². The number of anilines is 1. The summed E-state index contributed by atoms with van der Waals surface area (Å²) in [7, 11) is 0. The predicted octanol–water partition coefficient (Wildman–Crippen LogP) is 4.90. The number of para-hydroxylation sites is 2. The van der Waals surface area contributed by atoms with Crippen molar-refractivity contribution in [2.75, 3.05) is 24.5 Å². The third-order valence-corrected chi connectivity index (χ3v) is 5.89. The molecule has 2 unspecified atom stereocenters. The summed E-state index contributed by atoms with van der Waals surface area (Å²) in [6.45, 7) is 7.14. The second-order valence-electron chi connectivity index (χ2n) is 7.93. The highest BCUT2D eigenvalue weighted by molar-refractivity contribution is 5.83. The summed E-state index contributed by atoms with van der Waals surface area (Å²) in [5.41, 5.74) is 3.37.